The highest BCUT2D eigenvalue weighted by Gasteiger charge is 2.11. The molecule has 0 aromatic heterocycles. The summed E-state index contributed by atoms with van der Waals surface area (Å²) < 4.78 is 0. The molecule has 2 atom stereocenters. The minimum atomic E-state index is -1.17. The van der Waals surface area contributed by atoms with Crippen LogP contribution in [0.3, 0.4) is 0 Å². The number of unbranched alkanes of at least 4 members (excludes halogenated alkanes) is 9. The van der Waals surface area contributed by atoms with Gasteiger partial charge in [0, 0.05) is 0 Å². The zero-order valence-electron chi connectivity index (χ0n) is 15.6. The largest absolute Gasteiger partial charge is 0.479 e. The van der Waals surface area contributed by atoms with Crippen molar-refractivity contribution in [2.24, 2.45) is 5.92 Å². The summed E-state index contributed by atoms with van der Waals surface area (Å²) in [6.07, 6.45) is 17.2. The summed E-state index contributed by atoms with van der Waals surface area (Å²) in [7, 11) is 0. The Labute approximate surface area is 143 Å². The van der Waals surface area contributed by atoms with Gasteiger partial charge in [-0.1, -0.05) is 104 Å². The molecule has 0 saturated heterocycles. The van der Waals surface area contributed by atoms with Gasteiger partial charge in [-0.3, -0.25) is 0 Å². The van der Waals surface area contributed by atoms with Crippen LogP contribution in [-0.4, -0.2) is 22.3 Å². The SMILES string of the molecule is CCCCCCC(CC)CCCCCCCCCC(O)C(=O)O. The second-order valence-corrected chi connectivity index (χ2v) is 7.03. The fourth-order valence-corrected chi connectivity index (χ4v) is 3.19. The van der Waals surface area contributed by atoms with Crippen LogP contribution in [0, 0.1) is 5.92 Å². The van der Waals surface area contributed by atoms with Gasteiger partial charge in [-0.2, -0.15) is 0 Å². The minimum absolute atomic E-state index is 0.394. The Bertz CT molecular complexity index is 266. The number of hydrogen-bond donors (Lipinski definition) is 2. The maximum atomic E-state index is 10.5. The van der Waals surface area contributed by atoms with Crippen LogP contribution in [-0.2, 0) is 4.79 Å². The molecule has 0 aliphatic heterocycles. The number of carboxylic acid groups (broad SMARTS) is 1. The predicted molar refractivity (Wildman–Crippen MR) is 97.7 cm³/mol. The van der Waals surface area contributed by atoms with Crippen molar-refractivity contribution in [3.8, 4) is 0 Å². The first-order chi connectivity index (χ1) is 11.1. The van der Waals surface area contributed by atoms with E-state index in [2.05, 4.69) is 13.8 Å². The van der Waals surface area contributed by atoms with Gasteiger partial charge >= 0.3 is 5.97 Å². The Morgan fingerprint density at radius 3 is 1.61 bits per heavy atom. The number of aliphatic hydroxyl groups excluding tert-OH is 1. The van der Waals surface area contributed by atoms with E-state index in [0.717, 1.165) is 18.8 Å². The monoisotopic (exact) mass is 328 g/mol. The lowest BCUT2D eigenvalue weighted by atomic mass is 9.92. The zero-order chi connectivity index (χ0) is 17.3. The Morgan fingerprint density at radius 2 is 1.17 bits per heavy atom. The van der Waals surface area contributed by atoms with Crippen LogP contribution in [0.2, 0.25) is 0 Å². The van der Waals surface area contributed by atoms with Crippen molar-refractivity contribution in [2.45, 2.75) is 116 Å². The summed E-state index contributed by atoms with van der Waals surface area (Å²) in [6.45, 7) is 4.60. The Morgan fingerprint density at radius 1 is 0.739 bits per heavy atom. The van der Waals surface area contributed by atoms with E-state index < -0.39 is 12.1 Å². The van der Waals surface area contributed by atoms with Crippen molar-refractivity contribution < 1.29 is 15.0 Å². The van der Waals surface area contributed by atoms with Gasteiger partial charge in [0.15, 0.2) is 6.10 Å². The highest BCUT2D eigenvalue weighted by atomic mass is 16.4. The van der Waals surface area contributed by atoms with E-state index in [1.165, 1.54) is 77.0 Å². The van der Waals surface area contributed by atoms with Crippen molar-refractivity contribution in [3.05, 3.63) is 0 Å². The zero-order valence-corrected chi connectivity index (χ0v) is 15.6. The molecule has 138 valence electrons. The standard InChI is InChI=1S/C20H40O3/c1-3-5-6-12-15-18(4-2)16-13-10-8-7-9-11-14-17-19(21)20(22)23/h18-19,21H,3-17H2,1-2H3,(H,22,23). The van der Waals surface area contributed by atoms with E-state index in [4.69, 9.17) is 10.2 Å². The molecule has 0 aliphatic carbocycles. The Balaban J connectivity index is 3.35. The molecule has 23 heavy (non-hydrogen) atoms. The molecule has 0 fully saturated rings. The maximum Gasteiger partial charge on any atom is 0.332 e. The molecule has 0 aromatic rings. The number of aliphatic carboxylic acids is 1. The van der Waals surface area contributed by atoms with E-state index in [1.54, 1.807) is 0 Å². The molecule has 0 bridgehead atoms. The van der Waals surface area contributed by atoms with E-state index in [9.17, 15) is 4.79 Å². The molecule has 0 radical (unpaired) electrons. The van der Waals surface area contributed by atoms with Gasteiger partial charge in [0.25, 0.3) is 0 Å². The topological polar surface area (TPSA) is 57.5 Å². The second-order valence-electron chi connectivity index (χ2n) is 7.03. The summed E-state index contributed by atoms with van der Waals surface area (Å²) in [5.41, 5.74) is 0. The van der Waals surface area contributed by atoms with Crippen molar-refractivity contribution in [1.29, 1.82) is 0 Å². The Hall–Kier alpha value is -0.570. The molecule has 0 spiro atoms. The Kier molecular flexibility index (Phi) is 15.9. The molecule has 0 aromatic carbocycles. The van der Waals surface area contributed by atoms with Crippen LogP contribution in [0.25, 0.3) is 0 Å². The molecular weight excluding hydrogens is 288 g/mol. The molecule has 3 heteroatoms. The van der Waals surface area contributed by atoms with Crippen LogP contribution in [0.5, 0.6) is 0 Å². The average molecular weight is 329 g/mol. The first-order valence-electron chi connectivity index (χ1n) is 10.0. The lowest BCUT2D eigenvalue weighted by Crippen LogP contribution is -2.18. The first kappa shape index (κ1) is 22.4. The van der Waals surface area contributed by atoms with Gasteiger partial charge < -0.3 is 10.2 Å². The summed E-state index contributed by atoms with van der Waals surface area (Å²) in [6, 6.07) is 0. The number of carboxylic acids is 1. The lowest BCUT2D eigenvalue weighted by molar-refractivity contribution is -0.146. The van der Waals surface area contributed by atoms with Crippen molar-refractivity contribution in [1.82, 2.24) is 0 Å². The molecule has 2 N–H and O–H groups in total. The molecule has 0 heterocycles. The third-order valence-electron chi connectivity index (χ3n) is 4.92. The summed E-state index contributed by atoms with van der Waals surface area (Å²) in [5, 5.41) is 17.7. The number of carbonyl (C=O) groups is 1. The van der Waals surface area contributed by atoms with Crippen molar-refractivity contribution in [2.75, 3.05) is 0 Å². The maximum absolute atomic E-state index is 10.5. The lowest BCUT2D eigenvalue weighted by Gasteiger charge is -2.14. The van der Waals surface area contributed by atoms with E-state index in [0.29, 0.717) is 6.42 Å². The van der Waals surface area contributed by atoms with Gasteiger partial charge in [-0.05, 0) is 12.3 Å². The first-order valence-corrected chi connectivity index (χ1v) is 10.0. The van der Waals surface area contributed by atoms with Gasteiger partial charge in [-0.25, -0.2) is 4.79 Å². The molecule has 0 rings (SSSR count). The van der Waals surface area contributed by atoms with Gasteiger partial charge in [0.05, 0.1) is 0 Å². The minimum Gasteiger partial charge on any atom is -0.479 e. The third kappa shape index (κ3) is 14.7. The smallest absolute Gasteiger partial charge is 0.332 e. The molecule has 2 unspecified atom stereocenters. The van der Waals surface area contributed by atoms with Crippen LogP contribution in [0.1, 0.15) is 110 Å². The highest BCUT2D eigenvalue weighted by Crippen LogP contribution is 2.21. The van der Waals surface area contributed by atoms with Gasteiger partial charge in [0.2, 0.25) is 0 Å². The summed E-state index contributed by atoms with van der Waals surface area (Å²) in [4.78, 5) is 10.5. The second kappa shape index (κ2) is 16.3. The molecular formula is C20H40O3. The highest BCUT2D eigenvalue weighted by molar-refractivity contribution is 5.71. The molecule has 0 saturated carbocycles. The molecule has 3 nitrogen and oxygen atoms in total. The number of hydrogen-bond acceptors (Lipinski definition) is 2. The van der Waals surface area contributed by atoms with Gasteiger partial charge in [-0.15, -0.1) is 0 Å². The predicted octanol–water partition coefficient (Wildman–Crippen LogP) is 5.94. The van der Waals surface area contributed by atoms with Crippen molar-refractivity contribution in [3.63, 3.8) is 0 Å². The van der Waals surface area contributed by atoms with Crippen LogP contribution >= 0.6 is 0 Å². The van der Waals surface area contributed by atoms with Crippen molar-refractivity contribution >= 4 is 5.97 Å². The summed E-state index contributed by atoms with van der Waals surface area (Å²) >= 11 is 0. The van der Waals surface area contributed by atoms with Gasteiger partial charge in [0.1, 0.15) is 0 Å². The molecule has 0 aliphatic rings. The van der Waals surface area contributed by atoms with Crippen LogP contribution < -0.4 is 0 Å². The van der Waals surface area contributed by atoms with E-state index in [-0.39, 0.29) is 0 Å². The van der Waals surface area contributed by atoms with Crippen LogP contribution in [0.15, 0.2) is 0 Å². The quantitative estimate of drug-likeness (QED) is 0.325. The molecule has 0 amide bonds. The summed E-state index contributed by atoms with van der Waals surface area (Å²) in [5.74, 6) is -0.158. The normalized spacial score (nSPS) is 13.9. The van der Waals surface area contributed by atoms with E-state index in [1.807, 2.05) is 0 Å². The fraction of sp³-hybridized carbons (Fsp3) is 0.950. The number of rotatable bonds is 17. The van der Waals surface area contributed by atoms with E-state index >= 15 is 0 Å². The fourth-order valence-electron chi connectivity index (χ4n) is 3.19. The third-order valence-corrected chi connectivity index (χ3v) is 4.92. The van der Waals surface area contributed by atoms with Crippen LogP contribution in [0.4, 0.5) is 0 Å². The average Bonchev–Trinajstić information content (AvgIpc) is 2.54. The number of aliphatic hydroxyl groups is 1.